The van der Waals surface area contributed by atoms with Crippen LogP contribution >= 0.6 is 0 Å². The summed E-state index contributed by atoms with van der Waals surface area (Å²) < 4.78 is 5.47. The highest BCUT2D eigenvalue weighted by Crippen LogP contribution is 2.77. The summed E-state index contributed by atoms with van der Waals surface area (Å²) >= 11 is 0. The molecule has 1 N–H and O–H groups in total. The lowest BCUT2D eigenvalue weighted by atomic mass is 9.32. The Morgan fingerprint density at radius 2 is 1.63 bits per heavy atom. The van der Waals surface area contributed by atoms with Crippen LogP contribution in [-0.4, -0.2) is 30.6 Å². The van der Waals surface area contributed by atoms with Crippen molar-refractivity contribution >= 4 is 12.3 Å². The maximum atomic E-state index is 13.3. The molecule has 0 aromatic rings. The van der Waals surface area contributed by atoms with Crippen molar-refractivity contribution in [3.05, 3.63) is 12.2 Å². The van der Waals surface area contributed by atoms with Crippen LogP contribution in [0.4, 0.5) is 0 Å². The van der Waals surface area contributed by atoms with Crippen LogP contribution in [0, 0.1) is 56.7 Å². The highest BCUT2D eigenvalue weighted by Gasteiger charge is 2.72. The molecule has 0 spiro atoms. The minimum atomic E-state index is -0.644. The number of aliphatic hydroxyl groups excluding tert-OH is 1. The number of rotatable bonds is 3. The second-order valence-electron chi connectivity index (χ2n) is 14.4. The van der Waals surface area contributed by atoms with Crippen molar-refractivity contribution in [2.75, 3.05) is 7.11 Å². The molecule has 5 aliphatic rings. The van der Waals surface area contributed by atoms with Gasteiger partial charge in [0.25, 0.3) is 0 Å². The van der Waals surface area contributed by atoms with Gasteiger partial charge in [-0.1, -0.05) is 39.8 Å². The summed E-state index contributed by atoms with van der Waals surface area (Å²) in [7, 11) is 1.57. The Morgan fingerprint density at radius 1 is 0.914 bits per heavy atom. The molecule has 0 amide bonds. The minimum absolute atomic E-state index is 0.0132. The summed E-state index contributed by atoms with van der Waals surface area (Å²) in [6.45, 7) is 16.1. The molecule has 5 saturated carbocycles. The maximum Gasteiger partial charge on any atom is 0.312 e. The van der Waals surface area contributed by atoms with E-state index in [4.69, 9.17) is 4.74 Å². The molecule has 0 aromatic heterocycles. The van der Waals surface area contributed by atoms with Crippen LogP contribution in [-0.2, 0) is 14.3 Å². The van der Waals surface area contributed by atoms with Gasteiger partial charge in [-0.05, 0) is 117 Å². The van der Waals surface area contributed by atoms with E-state index in [0.717, 1.165) is 70.5 Å². The fourth-order valence-corrected chi connectivity index (χ4v) is 11.6. The number of hydrogen-bond acceptors (Lipinski definition) is 4. The van der Waals surface area contributed by atoms with Gasteiger partial charge in [0.2, 0.25) is 0 Å². The molecule has 5 fully saturated rings. The van der Waals surface area contributed by atoms with Gasteiger partial charge in [-0.3, -0.25) is 4.79 Å². The summed E-state index contributed by atoms with van der Waals surface area (Å²) in [6.07, 6.45) is 10.7. The first-order chi connectivity index (χ1) is 16.4. The van der Waals surface area contributed by atoms with Crippen LogP contribution in [0.3, 0.4) is 0 Å². The van der Waals surface area contributed by atoms with Gasteiger partial charge in [-0.2, -0.15) is 0 Å². The Kier molecular flexibility index (Phi) is 5.77. The first-order valence-corrected chi connectivity index (χ1v) is 14.2. The van der Waals surface area contributed by atoms with Crippen LogP contribution in [0.15, 0.2) is 12.2 Å². The Balaban J connectivity index is 1.57. The molecule has 11 atom stereocenters. The summed E-state index contributed by atoms with van der Waals surface area (Å²) in [6, 6.07) is 0. The fraction of sp³-hybridized carbons (Fsp3) is 0.871. The van der Waals surface area contributed by atoms with Crippen LogP contribution in [0.2, 0.25) is 0 Å². The number of carbonyl (C=O) groups excluding carboxylic acids is 2. The largest absolute Gasteiger partial charge is 0.469 e. The van der Waals surface area contributed by atoms with E-state index in [9.17, 15) is 14.7 Å². The van der Waals surface area contributed by atoms with E-state index in [1.165, 1.54) is 5.57 Å². The highest BCUT2D eigenvalue weighted by molar-refractivity contribution is 5.78. The zero-order chi connectivity index (χ0) is 25.6. The minimum Gasteiger partial charge on any atom is -0.469 e. The van der Waals surface area contributed by atoms with E-state index in [0.29, 0.717) is 23.7 Å². The van der Waals surface area contributed by atoms with E-state index in [1.807, 2.05) is 6.92 Å². The number of methoxy groups -OCH3 is 1. The van der Waals surface area contributed by atoms with Crippen molar-refractivity contribution in [1.29, 1.82) is 0 Å². The third kappa shape index (κ3) is 2.95. The topological polar surface area (TPSA) is 63.6 Å². The van der Waals surface area contributed by atoms with Gasteiger partial charge in [0.15, 0.2) is 0 Å². The van der Waals surface area contributed by atoms with Gasteiger partial charge in [0, 0.05) is 0 Å². The van der Waals surface area contributed by atoms with Gasteiger partial charge in [-0.15, -0.1) is 0 Å². The molecule has 5 rings (SSSR count). The van der Waals surface area contributed by atoms with Gasteiger partial charge in [0.05, 0.1) is 24.0 Å². The van der Waals surface area contributed by atoms with Crippen molar-refractivity contribution in [2.24, 2.45) is 56.7 Å². The lowest BCUT2D eigenvalue weighted by Crippen LogP contribution is -2.67. The number of aliphatic hydroxyl groups is 1. The number of esters is 1. The molecule has 4 nitrogen and oxygen atoms in total. The Hall–Kier alpha value is -1.16. The SMILES string of the molecule is C=C(C)[C@@H]1CC[C@]2(C(=O)OC)CC[C@]3(C)C(CCC4[C@@]5(C)CC[C@H](O)[C@@](C)(C=O)[C@@H]5CC[C@]43C)C12. The average molecular weight is 485 g/mol. The fourth-order valence-electron chi connectivity index (χ4n) is 11.6. The third-order valence-electron chi connectivity index (χ3n) is 13.6. The average Bonchev–Trinajstić information content (AvgIpc) is 3.23. The standard InChI is InChI=1S/C31H48O4/c1-19(2)20-10-15-31(26(34)35-7)17-16-29(5)21(25(20)31)8-9-23-27(3)13-12-24(33)28(4,18-32)22(27)11-14-30(23,29)6/h18,20-25,33H,1,8-17H2,2-7H3/t20-,21?,22+,23?,24-,25?,27-,28-,29+,30+,31-/m0/s1. The number of ether oxygens (including phenoxy) is 1. The first kappa shape index (κ1) is 25.5. The predicted molar refractivity (Wildman–Crippen MR) is 137 cm³/mol. The monoisotopic (exact) mass is 484 g/mol. The molecule has 196 valence electrons. The molecule has 3 unspecified atom stereocenters. The van der Waals surface area contributed by atoms with E-state index >= 15 is 0 Å². The van der Waals surface area contributed by atoms with Crippen LogP contribution in [0.25, 0.3) is 0 Å². The quantitative estimate of drug-likeness (QED) is 0.288. The van der Waals surface area contributed by atoms with Gasteiger partial charge >= 0.3 is 5.97 Å². The molecule has 0 saturated heterocycles. The molecule has 0 aromatic carbocycles. The second kappa shape index (κ2) is 7.92. The number of hydrogen-bond donors (Lipinski definition) is 1. The molecule has 4 heteroatoms. The molecule has 0 aliphatic heterocycles. The van der Waals surface area contributed by atoms with Crippen molar-refractivity contribution in [1.82, 2.24) is 0 Å². The summed E-state index contributed by atoms with van der Waals surface area (Å²) in [5.41, 5.74) is 0.620. The Bertz CT molecular complexity index is 927. The van der Waals surface area contributed by atoms with Crippen molar-refractivity contribution in [3.63, 3.8) is 0 Å². The van der Waals surface area contributed by atoms with E-state index in [1.54, 1.807) is 7.11 Å². The predicted octanol–water partition coefficient (Wildman–Crippen LogP) is 6.36. The van der Waals surface area contributed by atoms with E-state index in [2.05, 4.69) is 34.3 Å². The lowest BCUT2D eigenvalue weighted by molar-refractivity contribution is -0.246. The smallest absolute Gasteiger partial charge is 0.312 e. The summed E-state index contributed by atoms with van der Waals surface area (Å²) in [4.78, 5) is 25.7. The first-order valence-electron chi connectivity index (χ1n) is 14.2. The summed E-state index contributed by atoms with van der Waals surface area (Å²) in [5.74, 6) is 2.00. The van der Waals surface area contributed by atoms with Crippen molar-refractivity contribution in [3.8, 4) is 0 Å². The van der Waals surface area contributed by atoms with Crippen LogP contribution in [0.1, 0.15) is 98.8 Å². The Morgan fingerprint density at radius 3 is 2.26 bits per heavy atom. The number of allylic oxidation sites excluding steroid dienone is 1. The van der Waals surface area contributed by atoms with Gasteiger partial charge < -0.3 is 14.6 Å². The number of carbonyl (C=O) groups is 2. The molecule has 0 bridgehead atoms. The summed E-state index contributed by atoms with van der Waals surface area (Å²) in [5, 5.41) is 10.9. The second-order valence-corrected chi connectivity index (χ2v) is 14.4. The molecule has 35 heavy (non-hydrogen) atoms. The highest BCUT2D eigenvalue weighted by atomic mass is 16.5. The maximum absolute atomic E-state index is 13.3. The van der Waals surface area contributed by atoms with Crippen LogP contribution < -0.4 is 0 Å². The zero-order valence-corrected chi connectivity index (χ0v) is 23.0. The molecule has 0 radical (unpaired) electrons. The number of aldehydes is 1. The molecule has 0 heterocycles. The van der Waals surface area contributed by atoms with Gasteiger partial charge in [-0.25, -0.2) is 0 Å². The van der Waals surface area contributed by atoms with Crippen LogP contribution in [0.5, 0.6) is 0 Å². The lowest BCUT2D eigenvalue weighted by Gasteiger charge is -2.72. The normalized spacial score (nSPS) is 55.1. The third-order valence-corrected chi connectivity index (χ3v) is 13.6. The zero-order valence-electron chi connectivity index (χ0n) is 23.0. The van der Waals surface area contributed by atoms with E-state index < -0.39 is 11.5 Å². The molecular formula is C31H48O4. The molecule has 5 aliphatic carbocycles. The van der Waals surface area contributed by atoms with Crippen molar-refractivity contribution < 1.29 is 19.4 Å². The molecular weight excluding hydrogens is 436 g/mol. The van der Waals surface area contributed by atoms with Crippen molar-refractivity contribution in [2.45, 2.75) is 105 Å². The van der Waals surface area contributed by atoms with Gasteiger partial charge in [0.1, 0.15) is 6.29 Å². The number of fused-ring (bicyclic) bond motifs is 7. The van der Waals surface area contributed by atoms with E-state index in [-0.39, 0.29) is 33.5 Å². The Labute approximate surface area is 212 Å².